The highest BCUT2D eigenvalue weighted by Crippen LogP contribution is 2.20. The van der Waals surface area contributed by atoms with Crippen LogP contribution in [-0.2, 0) is 9.59 Å². The molecule has 0 radical (unpaired) electrons. The molecule has 1 fully saturated rings. The number of rotatable bonds is 5. The fourth-order valence-corrected chi connectivity index (χ4v) is 3.74. The Morgan fingerprint density at radius 2 is 1.90 bits per heavy atom. The average Bonchev–Trinajstić information content (AvgIpc) is 3.02. The van der Waals surface area contributed by atoms with Gasteiger partial charge in [-0.2, -0.15) is 5.10 Å². The van der Waals surface area contributed by atoms with Crippen molar-refractivity contribution in [2.45, 2.75) is 26.7 Å². The van der Waals surface area contributed by atoms with Crippen molar-refractivity contribution >= 4 is 17.8 Å². The number of likely N-dealkylation sites (tertiary alicyclic amines) is 1. The van der Waals surface area contributed by atoms with Crippen molar-refractivity contribution in [2.24, 2.45) is 5.92 Å². The van der Waals surface area contributed by atoms with Crippen LogP contribution in [0.1, 0.15) is 34.6 Å². The zero-order valence-corrected chi connectivity index (χ0v) is 17.0. The quantitative estimate of drug-likeness (QED) is 0.830. The topological polar surface area (TPSA) is 95.7 Å². The number of hydrogen-bond donors (Lipinski definition) is 1. The maximum absolute atomic E-state index is 13.0. The molecule has 1 saturated heterocycles. The van der Waals surface area contributed by atoms with Crippen LogP contribution in [0.5, 0.6) is 0 Å². The van der Waals surface area contributed by atoms with E-state index in [2.05, 4.69) is 5.10 Å². The second-order valence-corrected chi connectivity index (χ2v) is 7.47. The van der Waals surface area contributed by atoms with Crippen LogP contribution in [0.4, 0.5) is 0 Å². The Balaban J connectivity index is 1.73. The molecule has 1 aromatic heterocycles. The van der Waals surface area contributed by atoms with E-state index in [-0.39, 0.29) is 24.9 Å². The predicted octanol–water partition coefficient (Wildman–Crippen LogP) is 1.88. The third kappa shape index (κ3) is 4.31. The standard InChI is InChI=1S/C21H26N4O4/c1-14-19(15(2)25(22-14)17-9-5-4-6-10-17)20(27)23(3)13-18(26)24-11-7-8-16(12-24)21(28)29/h4-6,9-10,16H,7-8,11-13H2,1-3H3,(H,28,29). The Kier molecular flexibility index (Phi) is 6.00. The number of nitrogens with zero attached hydrogens (tertiary/aromatic N) is 4. The lowest BCUT2D eigenvalue weighted by atomic mass is 9.98. The van der Waals surface area contributed by atoms with E-state index in [0.29, 0.717) is 36.3 Å². The monoisotopic (exact) mass is 398 g/mol. The number of carbonyl (C=O) groups is 3. The van der Waals surface area contributed by atoms with Gasteiger partial charge >= 0.3 is 5.97 Å². The second kappa shape index (κ2) is 8.46. The first kappa shape index (κ1) is 20.6. The maximum Gasteiger partial charge on any atom is 0.308 e. The molecule has 2 amide bonds. The highest BCUT2D eigenvalue weighted by molar-refractivity contribution is 5.98. The van der Waals surface area contributed by atoms with E-state index >= 15 is 0 Å². The number of carboxylic acids is 1. The molecule has 1 aliphatic heterocycles. The predicted molar refractivity (Wildman–Crippen MR) is 107 cm³/mol. The number of hydrogen-bond acceptors (Lipinski definition) is 4. The van der Waals surface area contributed by atoms with Crippen LogP contribution in [0, 0.1) is 19.8 Å². The number of aliphatic carboxylic acids is 1. The largest absolute Gasteiger partial charge is 0.481 e. The molecule has 0 spiro atoms. The summed E-state index contributed by atoms with van der Waals surface area (Å²) in [6.07, 6.45) is 1.23. The molecular formula is C21H26N4O4. The molecule has 8 nitrogen and oxygen atoms in total. The Labute approximate surface area is 169 Å². The van der Waals surface area contributed by atoms with E-state index in [4.69, 9.17) is 0 Å². The number of carbonyl (C=O) groups excluding carboxylic acids is 2. The van der Waals surface area contributed by atoms with Crippen molar-refractivity contribution < 1.29 is 19.5 Å². The molecule has 2 heterocycles. The van der Waals surface area contributed by atoms with Crippen molar-refractivity contribution in [3.8, 4) is 5.69 Å². The Morgan fingerprint density at radius 1 is 1.21 bits per heavy atom. The number of para-hydroxylation sites is 1. The molecule has 29 heavy (non-hydrogen) atoms. The minimum atomic E-state index is -0.883. The summed E-state index contributed by atoms with van der Waals surface area (Å²) in [7, 11) is 1.58. The van der Waals surface area contributed by atoms with E-state index in [9.17, 15) is 19.5 Å². The minimum Gasteiger partial charge on any atom is -0.481 e. The Morgan fingerprint density at radius 3 is 2.55 bits per heavy atom. The van der Waals surface area contributed by atoms with E-state index in [1.807, 2.05) is 37.3 Å². The van der Waals surface area contributed by atoms with Crippen LogP contribution < -0.4 is 0 Å². The SMILES string of the molecule is Cc1nn(-c2ccccc2)c(C)c1C(=O)N(C)CC(=O)N1CCCC(C(=O)O)C1. The van der Waals surface area contributed by atoms with Gasteiger partial charge in [-0.15, -0.1) is 0 Å². The van der Waals surface area contributed by atoms with Gasteiger partial charge in [-0.25, -0.2) is 4.68 Å². The second-order valence-electron chi connectivity index (χ2n) is 7.47. The first-order chi connectivity index (χ1) is 13.8. The van der Waals surface area contributed by atoms with Crippen molar-refractivity contribution in [2.75, 3.05) is 26.7 Å². The van der Waals surface area contributed by atoms with Gasteiger partial charge in [-0.05, 0) is 38.8 Å². The van der Waals surface area contributed by atoms with E-state index < -0.39 is 11.9 Å². The van der Waals surface area contributed by atoms with Gasteiger partial charge in [0.15, 0.2) is 0 Å². The average molecular weight is 398 g/mol. The van der Waals surface area contributed by atoms with Crippen LogP contribution in [0.2, 0.25) is 0 Å². The number of carboxylic acid groups (broad SMARTS) is 1. The molecule has 1 aromatic carbocycles. The molecule has 1 unspecified atom stereocenters. The molecule has 0 bridgehead atoms. The smallest absolute Gasteiger partial charge is 0.308 e. The van der Waals surface area contributed by atoms with Crippen LogP contribution in [-0.4, -0.2) is 69.2 Å². The summed E-state index contributed by atoms with van der Waals surface area (Å²) in [6.45, 7) is 4.23. The van der Waals surface area contributed by atoms with Gasteiger partial charge in [0.05, 0.1) is 35.1 Å². The normalized spacial score (nSPS) is 16.5. The van der Waals surface area contributed by atoms with Gasteiger partial charge in [-0.3, -0.25) is 14.4 Å². The highest BCUT2D eigenvalue weighted by Gasteiger charge is 2.30. The van der Waals surface area contributed by atoms with Gasteiger partial charge in [0, 0.05) is 20.1 Å². The van der Waals surface area contributed by atoms with Crippen LogP contribution >= 0.6 is 0 Å². The number of piperidine rings is 1. The van der Waals surface area contributed by atoms with Gasteiger partial charge in [0.1, 0.15) is 0 Å². The fourth-order valence-electron chi connectivity index (χ4n) is 3.74. The molecular weight excluding hydrogens is 372 g/mol. The number of amides is 2. The lowest BCUT2D eigenvalue weighted by Crippen LogP contribution is -2.47. The Bertz CT molecular complexity index is 922. The van der Waals surface area contributed by atoms with E-state index in [0.717, 1.165) is 5.69 Å². The third-order valence-corrected chi connectivity index (χ3v) is 5.35. The van der Waals surface area contributed by atoms with E-state index in [1.54, 1.807) is 23.6 Å². The van der Waals surface area contributed by atoms with Crippen molar-refractivity contribution in [1.29, 1.82) is 0 Å². The van der Waals surface area contributed by atoms with Crippen LogP contribution in [0.15, 0.2) is 30.3 Å². The third-order valence-electron chi connectivity index (χ3n) is 5.35. The van der Waals surface area contributed by atoms with Gasteiger partial charge in [-0.1, -0.05) is 18.2 Å². The Hall–Kier alpha value is -3.16. The molecule has 8 heteroatoms. The molecule has 154 valence electrons. The summed E-state index contributed by atoms with van der Waals surface area (Å²) >= 11 is 0. The number of likely N-dealkylation sites (N-methyl/N-ethyl adjacent to an activating group) is 1. The first-order valence-electron chi connectivity index (χ1n) is 9.67. The van der Waals surface area contributed by atoms with Crippen LogP contribution in [0.3, 0.4) is 0 Å². The lowest BCUT2D eigenvalue weighted by molar-refractivity contribution is -0.145. The molecule has 2 aromatic rings. The molecule has 1 aliphatic rings. The zero-order chi connectivity index (χ0) is 21.1. The number of aryl methyl sites for hydroxylation is 1. The summed E-state index contributed by atoms with van der Waals surface area (Å²) < 4.78 is 1.72. The summed E-state index contributed by atoms with van der Waals surface area (Å²) in [4.78, 5) is 39.8. The fraction of sp³-hybridized carbons (Fsp3) is 0.429. The van der Waals surface area contributed by atoms with E-state index in [1.165, 1.54) is 4.90 Å². The molecule has 1 N–H and O–H groups in total. The number of benzene rings is 1. The summed E-state index contributed by atoms with van der Waals surface area (Å²) in [6, 6.07) is 9.55. The molecule has 1 atom stereocenters. The van der Waals surface area contributed by atoms with Gasteiger partial charge in [0.2, 0.25) is 5.91 Å². The summed E-state index contributed by atoms with van der Waals surface area (Å²) in [5, 5.41) is 13.7. The van der Waals surface area contributed by atoms with Crippen molar-refractivity contribution in [1.82, 2.24) is 19.6 Å². The van der Waals surface area contributed by atoms with Crippen molar-refractivity contribution in [3.63, 3.8) is 0 Å². The van der Waals surface area contributed by atoms with Crippen molar-refractivity contribution in [3.05, 3.63) is 47.3 Å². The molecule has 3 rings (SSSR count). The summed E-state index contributed by atoms with van der Waals surface area (Å²) in [5.41, 5.74) is 2.64. The minimum absolute atomic E-state index is 0.0967. The maximum atomic E-state index is 13.0. The van der Waals surface area contributed by atoms with Crippen LogP contribution in [0.25, 0.3) is 5.69 Å². The summed E-state index contributed by atoms with van der Waals surface area (Å²) in [5.74, 6) is -1.94. The number of aromatic nitrogens is 2. The highest BCUT2D eigenvalue weighted by atomic mass is 16.4. The lowest BCUT2D eigenvalue weighted by Gasteiger charge is -2.32. The van der Waals surface area contributed by atoms with Gasteiger partial charge < -0.3 is 14.9 Å². The zero-order valence-electron chi connectivity index (χ0n) is 17.0. The molecule has 0 saturated carbocycles. The molecule has 0 aliphatic carbocycles. The van der Waals surface area contributed by atoms with Gasteiger partial charge in [0.25, 0.3) is 5.91 Å². The first-order valence-corrected chi connectivity index (χ1v) is 9.67.